The molecule has 0 radical (unpaired) electrons. The number of methoxy groups -OCH3 is 2. The maximum absolute atomic E-state index is 13.9. The highest BCUT2D eigenvalue weighted by Crippen LogP contribution is 2.36. The van der Waals surface area contributed by atoms with Crippen molar-refractivity contribution in [3.63, 3.8) is 0 Å². The van der Waals surface area contributed by atoms with E-state index in [1.165, 1.54) is 50.4 Å². The first-order valence-electron chi connectivity index (χ1n) is 11.8. The van der Waals surface area contributed by atoms with E-state index in [2.05, 4.69) is 5.32 Å². The largest absolute Gasteiger partial charge is 0.497 e. The molecule has 0 saturated heterocycles. The van der Waals surface area contributed by atoms with Gasteiger partial charge in [0.2, 0.25) is 11.8 Å². The maximum atomic E-state index is 13.9. The second-order valence-electron chi connectivity index (χ2n) is 8.41. The van der Waals surface area contributed by atoms with E-state index in [4.69, 9.17) is 32.7 Å². The summed E-state index contributed by atoms with van der Waals surface area (Å²) in [5.74, 6) is -0.531. The van der Waals surface area contributed by atoms with Crippen molar-refractivity contribution in [1.82, 2.24) is 10.2 Å². The van der Waals surface area contributed by atoms with Crippen molar-refractivity contribution in [2.75, 3.05) is 32.1 Å². The molecule has 0 aromatic heterocycles. The molecule has 12 heteroatoms. The Kier molecular flexibility index (Phi) is 10.1. The average molecular weight is 595 g/mol. The molecule has 208 valence electrons. The molecular formula is C27H29Cl2N3O6S. The van der Waals surface area contributed by atoms with E-state index in [9.17, 15) is 18.0 Å². The molecular weight excluding hydrogens is 565 g/mol. The molecule has 2 amide bonds. The Morgan fingerprint density at radius 3 is 2.26 bits per heavy atom. The zero-order chi connectivity index (χ0) is 28.7. The van der Waals surface area contributed by atoms with Crippen LogP contribution in [0.1, 0.15) is 12.5 Å². The summed E-state index contributed by atoms with van der Waals surface area (Å²) in [6.45, 7) is 0.827. The number of likely N-dealkylation sites (N-methyl/N-ethyl adjacent to an activating group) is 1. The minimum absolute atomic E-state index is 0.0330. The molecule has 0 aliphatic heterocycles. The van der Waals surface area contributed by atoms with Gasteiger partial charge in [-0.25, -0.2) is 8.42 Å². The van der Waals surface area contributed by atoms with Crippen molar-refractivity contribution in [3.8, 4) is 11.5 Å². The number of anilines is 1. The molecule has 0 bridgehead atoms. The van der Waals surface area contributed by atoms with Crippen molar-refractivity contribution in [2.45, 2.75) is 24.4 Å². The third-order valence-electron chi connectivity index (χ3n) is 6.03. The Labute approximate surface area is 238 Å². The predicted molar refractivity (Wildman–Crippen MR) is 151 cm³/mol. The first-order chi connectivity index (χ1) is 18.5. The normalized spacial score (nSPS) is 11.8. The van der Waals surface area contributed by atoms with Crippen LogP contribution < -0.4 is 19.1 Å². The number of benzene rings is 3. The molecule has 0 fully saturated rings. The van der Waals surface area contributed by atoms with E-state index in [1.807, 2.05) is 0 Å². The predicted octanol–water partition coefficient (Wildman–Crippen LogP) is 4.37. The van der Waals surface area contributed by atoms with Crippen molar-refractivity contribution in [1.29, 1.82) is 0 Å². The number of amides is 2. The molecule has 3 aromatic carbocycles. The fraction of sp³-hybridized carbons (Fsp3) is 0.259. The maximum Gasteiger partial charge on any atom is 0.264 e. The van der Waals surface area contributed by atoms with E-state index in [0.717, 1.165) is 4.31 Å². The summed E-state index contributed by atoms with van der Waals surface area (Å²) >= 11 is 12.4. The van der Waals surface area contributed by atoms with Gasteiger partial charge >= 0.3 is 0 Å². The molecule has 0 unspecified atom stereocenters. The second-order valence-corrected chi connectivity index (χ2v) is 11.1. The topological polar surface area (TPSA) is 105 Å². The van der Waals surface area contributed by atoms with Gasteiger partial charge in [0.15, 0.2) is 0 Å². The molecule has 3 aromatic rings. The smallest absolute Gasteiger partial charge is 0.264 e. The van der Waals surface area contributed by atoms with Gasteiger partial charge in [0.05, 0.1) is 24.8 Å². The van der Waals surface area contributed by atoms with Crippen LogP contribution in [0.25, 0.3) is 0 Å². The van der Waals surface area contributed by atoms with Crippen molar-refractivity contribution < 1.29 is 27.5 Å². The highest BCUT2D eigenvalue weighted by Gasteiger charge is 2.34. The summed E-state index contributed by atoms with van der Waals surface area (Å²) in [5, 5.41) is 3.24. The van der Waals surface area contributed by atoms with Crippen LogP contribution in [-0.4, -0.2) is 59.0 Å². The van der Waals surface area contributed by atoms with Gasteiger partial charge in [0, 0.05) is 29.7 Å². The minimum Gasteiger partial charge on any atom is -0.497 e. The quantitative estimate of drug-likeness (QED) is 0.354. The van der Waals surface area contributed by atoms with Crippen molar-refractivity contribution in [2.24, 2.45) is 0 Å². The Hall–Kier alpha value is -3.47. The number of rotatable bonds is 11. The lowest BCUT2D eigenvalue weighted by atomic mass is 10.1. The van der Waals surface area contributed by atoms with Crippen LogP contribution in [0.3, 0.4) is 0 Å². The Bertz CT molecular complexity index is 1440. The molecule has 0 saturated carbocycles. The zero-order valence-electron chi connectivity index (χ0n) is 21.9. The van der Waals surface area contributed by atoms with Crippen molar-refractivity contribution in [3.05, 3.63) is 82.3 Å². The van der Waals surface area contributed by atoms with Gasteiger partial charge in [-0.1, -0.05) is 47.5 Å². The molecule has 39 heavy (non-hydrogen) atoms. The summed E-state index contributed by atoms with van der Waals surface area (Å²) in [5.41, 5.74) is 0.618. The van der Waals surface area contributed by atoms with E-state index in [1.54, 1.807) is 49.4 Å². The molecule has 9 nitrogen and oxygen atoms in total. The highest BCUT2D eigenvalue weighted by atomic mass is 35.5. The lowest BCUT2D eigenvalue weighted by molar-refractivity contribution is -0.139. The first-order valence-corrected chi connectivity index (χ1v) is 14.0. The van der Waals surface area contributed by atoms with Gasteiger partial charge in [0.25, 0.3) is 10.0 Å². The lowest BCUT2D eigenvalue weighted by Gasteiger charge is -2.32. The molecule has 0 aliphatic rings. The van der Waals surface area contributed by atoms with Crippen LogP contribution in [0.4, 0.5) is 5.69 Å². The number of hydrogen-bond acceptors (Lipinski definition) is 6. The number of ether oxygens (including phenoxy) is 2. The highest BCUT2D eigenvalue weighted by molar-refractivity contribution is 7.92. The Morgan fingerprint density at radius 2 is 1.67 bits per heavy atom. The molecule has 1 N–H and O–H groups in total. The summed E-state index contributed by atoms with van der Waals surface area (Å²) < 4.78 is 39.5. The molecule has 0 heterocycles. The van der Waals surface area contributed by atoms with E-state index < -0.39 is 34.4 Å². The second kappa shape index (κ2) is 13.1. The number of halogens is 2. The summed E-state index contributed by atoms with van der Waals surface area (Å²) in [7, 11) is 0.00793. The lowest BCUT2D eigenvalue weighted by Crippen LogP contribution is -2.50. The van der Waals surface area contributed by atoms with Gasteiger partial charge < -0.3 is 19.7 Å². The van der Waals surface area contributed by atoms with Gasteiger partial charge in [-0.05, 0) is 48.9 Å². The molecule has 0 spiro atoms. The van der Waals surface area contributed by atoms with Crippen LogP contribution in [0.15, 0.2) is 71.6 Å². The van der Waals surface area contributed by atoms with E-state index in [0.29, 0.717) is 21.4 Å². The molecule has 1 atom stereocenters. The van der Waals surface area contributed by atoms with Crippen LogP contribution in [0.5, 0.6) is 11.5 Å². The molecule has 3 rings (SSSR count). The van der Waals surface area contributed by atoms with Crippen LogP contribution in [-0.2, 0) is 26.2 Å². The summed E-state index contributed by atoms with van der Waals surface area (Å²) in [6.07, 6.45) is 0. The fourth-order valence-electron chi connectivity index (χ4n) is 3.85. The SMILES string of the molecule is CNC(=O)[C@H](C)N(Cc1ccc(Cl)cc1Cl)C(=O)CN(c1cc(OC)ccc1OC)S(=O)(=O)c1ccccc1. The minimum atomic E-state index is -4.27. The third-order valence-corrected chi connectivity index (χ3v) is 8.40. The van der Waals surface area contributed by atoms with Crippen molar-refractivity contribution >= 4 is 50.7 Å². The van der Waals surface area contributed by atoms with Gasteiger partial charge in [-0.15, -0.1) is 0 Å². The number of nitrogens with zero attached hydrogens (tertiary/aromatic N) is 2. The zero-order valence-corrected chi connectivity index (χ0v) is 24.2. The molecule has 0 aliphatic carbocycles. The van der Waals surface area contributed by atoms with Crippen LogP contribution >= 0.6 is 23.2 Å². The van der Waals surface area contributed by atoms with E-state index >= 15 is 0 Å². The van der Waals surface area contributed by atoms with Crippen LogP contribution in [0, 0.1) is 0 Å². The van der Waals surface area contributed by atoms with Gasteiger partial charge in [-0.2, -0.15) is 0 Å². The third kappa shape index (κ3) is 6.95. The number of carbonyl (C=O) groups is 2. The number of sulfonamides is 1. The summed E-state index contributed by atoms with van der Waals surface area (Å²) in [4.78, 5) is 27.7. The first kappa shape index (κ1) is 30.1. The Balaban J connectivity index is 2.13. The summed E-state index contributed by atoms with van der Waals surface area (Å²) in [6, 6.07) is 16.2. The fourth-order valence-corrected chi connectivity index (χ4v) is 5.76. The monoisotopic (exact) mass is 593 g/mol. The number of carbonyl (C=O) groups excluding carboxylic acids is 2. The van der Waals surface area contributed by atoms with E-state index in [-0.39, 0.29) is 22.9 Å². The average Bonchev–Trinajstić information content (AvgIpc) is 2.94. The standard InChI is InChI=1S/C27H29Cl2N3O6S/c1-18(27(34)30-2)31(16-19-10-11-20(28)14-23(19)29)26(33)17-32(39(35,36)22-8-6-5-7-9-22)24-15-21(37-3)12-13-25(24)38-4/h5-15,18H,16-17H2,1-4H3,(H,30,34)/t18-/m0/s1. The Morgan fingerprint density at radius 1 is 0.974 bits per heavy atom. The number of hydrogen-bond donors (Lipinski definition) is 1. The number of nitrogens with one attached hydrogen (secondary N) is 1. The van der Waals surface area contributed by atoms with Gasteiger partial charge in [0.1, 0.15) is 24.1 Å². The van der Waals surface area contributed by atoms with Crippen LogP contribution in [0.2, 0.25) is 10.0 Å². The van der Waals surface area contributed by atoms with Gasteiger partial charge in [-0.3, -0.25) is 13.9 Å².